The Kier molecular flexibility index (Phi) is 5.08. The molecule has 3 aromatic carbocycles. The third kappa shape index (κ3) is 3.82. The second-order valence-corrected chi connectivity index (χ2v) is 11.0. The van der Waals surface area contributed by atoms with E-state index in [2.05, 4.69) is 103 Å². The molecule has 2 heteroatoms. The van der Waals surface area contributed by atoms with Crippen molar-refractivity contribution < 1.29 is 4.42 Å². The number of aryl methyl sites for hydroxylation is 2. The van der Waals surface area contributed by atoms with Crippen LogP contribution in [0.1, 0.15) is 57.1 Å². The van der Waals surface area contributed by atoms with Crippen molar-refractivity contribution in [2.75, 3.05) is 0 Å². The van der Waals surface area contributed by atoms with Gasteiger partial charge in [-0.15, -0.1) is 0 Å². The van der Waals surface area contributed by atoms with E-state index in [9.17, 15) is 0 Å². The highest BCUT2D eigenvalue weighted by molar-refractivity contribution is 6.10. The summed E-state index contributed by atoms with van der Waals surface area (Å²) in [6.45, 7) is 15.6. The molecule has 0 unspecified atom stereocenters. The highest BCUT2D eigenvalue weighted by Crippen LogP contribution is 2.40. The lowest BCUT2D eigenvalue weighted by atomic mass is 9.82. The van der Waals surface area contributed by atoms with E-state index in [1.807, 2.05) is 0 Å². The van der Waals surface area contributed by atoms with Gasteiger partial charge in [-0.2, -0.15) is 0 Å². The summed E-state index contributed by atoms with van der Waals surface area (Å²) in [6.07, 6.45) is 0.922. The number of fused-ring (bicyclic) bond motifs is 4. The molecule has 0 saturated heterocycles. The van der Waals surface area contributed by atoms with Crippen LogP contribution >= 0.6 is 0 Å². The molecule has 0 aliphatic rings. The van der Waals surface area contributed by atoms with Crippen LogP contribution in [0.15, 0.2) is 59.0 Å². The Morgan fingerprint density at radius 1 is 0.909 bits per heavy atom. The normalized spacial score (nSPS) is 12.5. The average molecular weight is 436 g/mol. The summed E-state index contributed by atoms with van der Waals surface area (Å²) in [5, 5.41) is 4.80. The minimum Gasteiger partial charge on any atom is -0.460 e. The quantitative estimate of drug-likeness (QED) is 0.283. The van der Waals surface area contributed by atoms with E-state index in [1.54, 1.807) is 0 Å². The number of rotatable bonds is 3. The Bertz CT molecular complexity index is 1510. The number of hydrogen-bond acceptors (Lipinski definition) is 2. The Morgan fingerprint density at radius 2 is 1.67 bits per heavy atom. The summed E-state index contributed by atoms with van der Waals surface area (Å²) >= 11 is 0. The van der Waals surface area contributed by atoms with Gasteiger partial charge in [0.05, 0.1) is 11.2 Å². The fourth-order valence-corrected chi connectivity index (χ4v) is 5.10. The zero-order valence-electron chi connectivity index (χ0n) is 20.8. The molecule has 0 aliphatic heterocycles. The van der Waals surface area contributed by atoms with Gasteiger partial charge in [-0.05, 0) is 76.9 Å². The van der Waals surface area contributed by atoms with Crippen molar-refractivity contribution in [2.45, 2.75) is 60.3 Å². The molecule has 0 amide bonds. The minimum atomic E-state index is 0.0257. The van der Waals surface area contributed by atoms with E-state index in [1.165, 1.54) is 27.5 Å². The topological polar surface area (TPSA) is 26.0 Å². The molecule has 0 aliphatic carbocycles. The maximum atomic E-state index is 6.52. The second kappa shape index (κ2) is 7.73. The van der Waals surface area contributed by atoms with Gasteiger partial charge in [-0.3, -0.25) is 0 Å². The number of furan rings is 1. The summed E-state index contributed by atoms with van der Waals surface area (Å²) in [4.78, 5) is 5.26. The van der Waals surface area contributed by atoms with Crippen molar-refractivity contribution in [3.63, 3.8) is 0 Å². The van der Waals surface area contributed by atoms with Crippen LogP contribution in [0.5, 0.6) is 0 Å². The van der Waals surface area contributed by atoms with Crippen molar-refractivity contribution in [3.8, 4) is 11.3 Å². The molecule has 5 aromatic rings. The lowest BCUT2D eigenvalue weighted by molar-refractivity contribution is 0.501. The molecular formula is C31H33NO. The first-order valence-corrected chi connectivity index (χ1v) is 12.0. The van der Waals surface area contributed by atoms with Gasteiger partial charge in [0.25, 0.3) is 0 Å². The van der Waals surface area contributed by atoms with Crippen LogP contribution in [0.25, 0.3) is 43.9 Å². The summed E-state index contributed by atoms with van der Waals surface area (Å²) in [6, 6.07) is 19.9. The van der Waals surface area contributed by atoms with E-state index < -0.39 is 0 Å². The first-order chi connectivity index (χ1) is 15.6. The zero-order valence-corrected chi connectivity index (χ0v) is 20.8. The molecule has 2 heterocycles. The second-order valence-electron chi connectivity index (χ2n) is 11.0. The first-order valence-electron chi connectivity index (χ1n) is 12.0. The van der Waals surface area contributed by atoms with Gasteiger partial charge in [0.2, 0.25) is 0 Å². The van der Waals surface area contributed by atoms with Crippen LogP contribution in [0.2, 0.25) is 0 Å². The molecule has 0 N–H and O–H groups in total. The first kappa shape index (κ1) is 21.7. The Hall–Kier alpha value is -3.13. The van der Waals surface area contributed by atoms with Crippen molar-refractivity contribution in [3.05, 3.63) is 77.0 Å². The molecule has 5 rings (SSSR count). The molecule has 0 radical (unpaired) electrons. The number of nitrogens with zero attached hydrogens (tertiary/aromatic N) is 1. The van der Waals surface area contributed by atoms with Gasteiger partial charge in [0.1, 0.15) is 11.3 Å². The lowest BCUT2D eigenvalue weighted by Crippen LogP contribution is -2.12. The zero-order chi connectivity index (χ0) is 23.5. The predicted molar refractivity (Wildman–Crippen MR) is 141 cm³/mol. The van der Waals surface area contributed by atoms with Crippen LogP contribution in [0.4, 0.5) is 0 Å². The van der Waals surface area contributed by atoms with Crippen molar-refractivity contribution in [1.29, 1.82) is 0 Å². The molecule has 0 spiro atoms. The van der Waals surface area contributed by atoms with Crippen LogP contribution in [-0.4, -0.2) is 4.98 Å². The van der Waals surface area contributed by atoms with E-state index >= 15 is 0 Å². The summed E-state index contributed by atoms with van der Waals surface area (Å²) in [5.74, 6) is 1.57. The molecule has 168 valence electrons. The third-order valence-corrected chi connectivity index (χ3v) is 6.51. The minimum absolute atomic E-state index is 0.0257. The van der Waals surface area contributed by atoms with E-state index in [0.717, 1.165) is 45.3 Å². The molecule has 2 aromatic heterocycles. The SMILES string of the molecule is Cc1cc(C)c2c(c1)nc(-c1cc(C(C)(C)C)c3ccccc3c1)c1cc(CC(C)C)oc12. The fourth-order valence-electron chi connectivity index (χ4n) is 5.10. The van der Waals surface area contributed by atoms with Crippen molar-refractivity contribution in [1.82, 2.24) is 4.98 Å². The number of benzene rings is 3. The lowest BCUT2D eigenvalue weighted by Gasteiger charge is -2.23. The van der Waals surface area contributed by atoms with Gasteiger partial charge in [-0.1, -0.05) is 65.0 Å². The van der Waals surface area contributed by atoms with E-state index in [4.69, 9.17) is 9.40 Å². The third-order valence-electron chi connectivity index (χ3n) is 6.51. The van der Waals surface area contributed by atoms with E-state index in [-0.39, 0.29) is 5.41 Å². The van der Waals surface area contributed by atoms with Gasteiger partial charge in [0, 0.05) is 22.8 Å². The number of aromatic nitrogens is 1. The molecule has 0 saturated carbocycles. The van der Waals surface area contributed by atoms with Crippen molar-refractivity contribution >= 4 is 32.6 Å². The smallest absolute Gasteiger partial charge is 0.146 e. The molecule has 33 heavy (non-hydrogen) atoms. The van der Waals surface area contributed by atoms with Crippen molar-refractivity contribution in [2.24, 2.45) is 5.92 Å². The number of hydrogen-bond donors (Lipinski definition) is 0. The predicted octanol–water partition coefficient (Wildman–Crippen LogP) is 8.91. The van der Waals surface area contributed by atoms with Crippen LogP contribution in [0.3, 0.4) is 0 Å². The molecule has 0 bridgehead atoms. The summed E-state index contributed by atoms with van der Waals surface area (Å²) in [7, 11) is 0. The van der Waals surface area contributed by atoms with Gasteiger partial charge < -0.3 is 4.42 Å². The maximum Gasteiger partial charge on any atom is 0.146 e. The Balaban J connectivity index is 1.89. The van der Waals surface area contributed by atoms with Crippen LogP contribution < -0.4 is 0 Å². The number of pyridine rings is 1. The van der Waals surface area contributed by atoms with Gasteiger partial charge >= 0.3 is 0 Å². The van der Waals surface area contributed by atoms with Crippen LogP contribution in [0, 0.1) is 19.8 Å². The Labute approximate surface area is 196 Å². The summed E-state index contributed by atoms with van der Waals surface area (Å²) < 4.78 is 6.52. The molecule has 2 nitrogen and oxygen atoms in total. The largest absolute Gasteiger partial charge is 0.460 e. The highest BCUT2D eigenvalue weighted by Gasteiger charge is 2.22. The summed E-state index contributed by atoms with van der Waals surface area (Å²) in [5.41, 5.74) is 7.95. The van der Waals surface area contributed by atoms with Gasteiger partial charge in [-0.25, -0.2) is 4.98 Å². The molecular weight excluding hydrogens is 402 g/mol. The highest BCUT2D eigenvalue weighted by atomic mass is 16.3. The van der Waals surface area contributed by atoms with E-state index in [0.29, 0.717) is 5.92 Å². The standard InChI is InChI=1S/C31H33NO/c1-18(2)12-23-17-25-29(32-27-14-19(3)13-20(4)28(27)30(25)33-23)22-15-21-10-8-9-11-24(21)26(16-22)31(5,6)7/h8-11,13-18H,12H2,1-7H3. The van der Waals surface area contributed by atoms with Crippen LogP contribution in [-0.2, 0) is 11.8 Å². The maximum absolute atomic E-state index is 6.52. The fraction of sp³-hybridized carbons (Fsp3) is 0.323. The monoisotopic (exact) mass is 435 g/mol. The molecule has 0 atom stereocenters. The Morgan fingerprint density at radius 3 is 2.39 bits per heavy atom. The van der Waals surface area contributed by atoms with Gasteiger partial charge in [0.15, 0.2) is 0 Å². The molecule has 0 fully saturated rings. The average Bonchev–Trinajstić information content (AvgIpc) is 3.13.